The Morgan fingerprint density at radius 1 is 1.38 bits per heavy atom. The summed E-state index contributed by atoms with van der Waals surface area (Å²) in [6, 6.07) is 7.58. The number of aryl methyl sites for hydroxylation is 1. The molecule has 1 amide bonds. The van der Waals surface area contributed by atoms with E-state index in [4.69, 9.17) is 5.73 Å². The Morgan fingerprint density at radius 3 is 2.57 bits per heavy atom. The molecule has 1 aromatic heterocycles. The Morgan fingerprint density at radius 2 is 2.05 bits per heavy atom. The van der Waals surface area contributed by atoms with E-state index in [1.807, 2.05) is 44.3 Å². The highest BCUT2D eigenvalue weighted by atomic mass is 32.1. The lowest BCUT2D eigenvalue weighted by Crippen LogP contribution is -2.36. The monoisotopic (exact) mass is 301 g/mol. The van der Waals surface area contributed by atoms with Crippen molar-refractivity contribution in [2.75, 3.05) is 5.73 Å². The molecule has 110 valence electrons. The Kier molecular flexibility index (Phi) is 3.45. The van der Waals surface area contributed by atoms with Gasteiger partial charge in [-0.15, -0.1) is 11.3 Å². The Bertz CT molecular complexity index is 658. The second kappa shape index (κ2) is 5.15. The number of nitrogen functional groups attached to an aromatic ring is 1. The molecule has 4 nitrogen and oxygen atoms in total. The fraction of sp³-hybridized carbons (Fsp3) is 0.375. The van der Waals surface area contributed by atoms with Crippen LogP contribution in [-0.4, -0.2) is 10.9 Å². The van der Waals surface area contributed by atoms with Crippen LogP contribution in [0.3, 0.4) is 0 Å². The predicted octanol–water partition coefficient (Wildman–Crippen LogP) is 2.94. The number of hydrogen-bond donors (Lipinski definition) is 2. The van der Waals surface area contributed by atoms with E-state index in [-0.39, 0.29) is 17.4 Å². The van der Waals surface area contributed by atoms with Crippen molar-refractivity contribution >= 4 is 22.9 Å². The van der Waals surface area contributed by atoms with Crippen LogP contribution in [-0.2, 0) is 10.2 Å². The van der Waals surface area contributed by atoms with Gasteiger partial charge in [0.05, 0.1) is 11.5 Å². The standard InChI is InChI=1S/C16H19N3OS/c1-10-9-18-14(21-10)11(2)19-15(20)16(7-8-16)12-3-5-13(17)6-4-12/h3-6,9,11H,7-8,17H2,1-2H3,(H,19,20). The third-order valence-corrected chi connectivity index (χ3v) is 5.10. The number of aromatic nitrogens is 1. The van der Waals surface area contributed by atoms with E-state index >= 15 is 0 Å². The second-order valence-electron chi connectivity index (χ2n) is 5.71. The molecule has 1 saturated carbocycles. The van der Waals surface area contributed by atoms with Gasteiger partial charge < -0.3 is 11.1 Å². The molecule has 1 heterocycles. The van der Waals surface area contributed by atoms with Gasteiger partial charge in [-0.3, -0.25) is 4.79 Å². The first-order valence-electron chi connectivity index (χ1n) is 7.10. The number of rotatable bonds is 4. The SMILES string of the molecule is Cc1cnc(C(C)NC(=O)C2(c3ccc(N)cc3)CC2)s1. The number of carbonyl (C=O) groups is 1. The summed E-state index contributed by atoms with van der Waals surface area (Å²) in [4.78, 5) is 18.1. The first-order chi connectivity index (χ1) is 10.0. The maximum atomic E-state index is 12.6. The van der Waals surface area contributed by atoms with Gasteiger partial charge in [0.2, 0.25) is 5.91 Å². The van der Waals surface area contributed by atoms with E-state index in [2.05, 4.69) is 10.3 Å². The first kappa shape index (κ1) is 14.1. The summed E-state index contributed by atoms with van der Waals surface area (Å²) < 4.78 is 0. The van der Waals surface area contributed by atoms with Crippen LogP contribution in [0.5, 0.6) is 0 Å². The lowest BCUT2D eigenvalue weighted by Gasteiger charge is -2.19. The molecule has 0 radical (unpaired) electrons. The number of benzene rings is 1. The lowest BCUT2D eigenvalue weighted by molar-refractivity contribution is -0.124. The normalized spacial score (nSPS) is 17.2. The molecular weight excluding hydrogens is 282 g/mol. The van der Waals surface area contributed by atoms with Crippen LogP contribution >= 0.6 is 11.3 Å². The van der Waals surface area contributed by atoms with Crippen LogP contribution in [0.15, 0.2) is 30.5 Å². The van der Waals surface area contributed by atoms with Crippen LogP contribution in [0.1, 0.15) is 41.3 Å². The fourth-order valence-corrected chi connectivity index (χ4v) is 3.32. The van der Waals surface area contributed by atoms with Crippen molar-refractivity contribution in [1.29, 1.82) is 0 Å². The number of nitrogens with zero attached hydrogens (tertiary/aromatic N) is 1. The fourth-order valence-electron chi connectivity index (χ4n) is 2.54. The summed E-state index contributed by atoms with van der Waals surface area (Å²) in [6.07, 6.45) is 3.63. The molecule has 0 bridgehead atoms. The van der Waals surface area contributed by atoms with Crippen LogP contribution in [0, 0.1) is 6.92 Å². The Balaban J connectivity index is 1.74. The van der Waals surface area contributed by atoms with E-state index in [9.17, 15) is 4.79 Å². The van der Waals surface area contributed by atoms with Gasteiger partial charge in [-0.1, -0.05) is 12.1 Å². The van der Waals surface area contributed by atoms with Gasteiger partial charge in [0.15, 0.2) is 0 Å². The third-order valence-electron chi connectivity index (χ3n) is 4.01. The van der Waals surface area contributed by atoms with Crippen LogP contribution in [0.25, 0.3) is 0 Å². The van der Waals surface area contributed by atoms with Gasteiger partial charge in [-0.2, -0.15) is 0 Å². The number of thiazole rings is 1. The zero-order valence-corrected chi connectivity index (χ0v) is 13.0. The summed E-state index contributed by atoms with van der Waals surface area (Å²) in [6.45, 7) is 4.00. The largest absolute Gasteiger partial charge is 0.399 e. The number of amides is 1. The quantitative estimate of drug-likeness (QED) is 0.853. The summed E-state index contributed by atoms with van der Waals surface area (Å²) in [5.41, 5.74) is 7.13. The maximum Gasteiger partial charge on any atom is 0.231 e. The maximum absolute atomic E-state index is 12.6. The van der Waals surface area contributed by atoms with Gasteiger partial charge in [0, 0.05) is 16.8 Å². The van der Waals surface area contributed by atoms with Gasteiger partial charge in [0.25, 0.3) is 0 Å². The van der Waals surface area contributed by atoms with Gasteiger partial charge >= 0.3 is 0 Å². The predicted molar refractivity (Wildman–Crippen MR) is 85.2 cm³/mol. The molecule has 2 aromatic rings. The van der Waals surface area contributed by atoms with Crippen molar-refractivity contribution < 1.29 is 4.79 Å². The number of anilines is 1. The number of carbonyl (C=O) groups excluding carboxylic acids is 1. The van der Waals surface area contributed by atoms with E-state index in [1.54, 1.807) is 11.3 Å². The minimum absolute atomic E-state index is 0.0533. The van der Waals surface area contributed by atoms with E-state index < -0.39 is 0 Å². The minimum Gasteiger partial charge on any atom is -0.399 e. The van der Waals surface area contributed by atoms with Gasteiger partial charge in [-0.25, -0.2) is 4.98 Å². The lowest BCUT2D eigenvalue weighted by atomic mass is 9.94. The highest BCUT2D eigenvalue weighted by Crippen LogP contribution is 2.48. The first-order valence-corrected chi connectivity index (χ1v) is 7.92. The highest BCUT2D eigenvalue weighted by Gasteiger charge is 2.51. The zero-order valence-electron chi connectivity index (χ0n) is 12.2. The summed E-state index contributed by atoms with van der Waals surface area (Å²) in [5.74, 6) is 0.0904. The molecule has 1 aliphatic carbocycles. The Hall–Kier alpha value is -1.88. The topological polar surface area (TPSA) is 68.0 Å². The van der Waals surface area contributed by atoms with Crippen LogP contribution in [0.4, 0.5) is 5.69 Å². The van der Waals surface area contributed by atoms with Crippen molar-refractivity contribution in [1.82, 2.24) is 10.3 Å². The molecule has 1 unspecified atom stereocenters. The van der Waals surface area contributed by atoms with Gasteiger partial charge in [-0.05, 0) is 44.4 Å². The van der Waals surface area contributed by atoms with Crippen LogP contribution in [0.2, 0.25) is 0 Å². The molecular formula is C16H19N3OS. The van der Waals surface area contributed by atoms with Crippen molar-refractivity contribution in [3.8, 4) is 0 Å². The van der Waals surface area contributed by atoms with E-state index in [1.165, 1.54) is 0 Å². The van der Waals surface area contributed by atoms with Crippen molar-refractivity contribution in [3.63, 3.8) is 0 Å². The van der Waals surface area contributed by atoms with Crippen molar-refractivity contribution in [2.45, 2.75) is 38.1 Å². The average Bonchev–Trinajstić information content (AvgIpc) is 3.16. The third kappa shape index (κ3) is 2.65. The minimum atomic E-state index is -0.367. The molecule has 0 saturated heterocycles. The van der Waals surface area contributed by atoms with E-state index in [0.29, 0.717) is 0 Å². The number of hydrogen-bond acceptors (Lipinski definition) is 4. The summed E-state index contributed by atoms with van der Waals surface area (Å²) in [7, 11) is 0. The second-order valence-corrected chi connectivity index (χ2v) is 6.97. The number of nitrogens with two attached hydrogens (primary N) is 1. The van der Waals surface area contributed by atoms with Crippen LogP contribution < -0.4 is 11.1 Å². The molecule has 5 heteroatoms. The van der Waals surface area contributed by atoms with Crippen molar-refractivity contribution in [2.24, 2.45) is 0 Å². The molecule has 0 spiro atoms. The highest BCUT2D eigenvalue weighted by molar-refractivity contribution is 7.11. The molecule has 1 atom stereocenters. The molecule has 1 aliphatic rings. The zero-order chi connectivity index (χ0) is 15.0. The molecule has 0 aliphatic heterocycles. The number of nitrogens with one attached hydrogen (secondary N) is 1. The average molecular weight is 301 g/mol. The summed E-state index contributed by atoms with van der Waals surface area (Å²) in [5, 5.41) is 4.06. The van der Waals surface area contributed by atoms with E-state index in [0.717, 1.165) is 34.0 Å². The molecule has 21 heavy (non-hydrogen) atoms. The molecule has 1 fully saturated rings. The van der Waals surface area contributed by atoms with Crippen molar-refractivity contribution in [3.05, 3.63) is 45.9 Å². The summed E-state index contributed by atoms with van der Waals surface area (Å²) >= 11 is 1.62. The molecule has 3 rings (SSSR count). The van der Waals surface area contributed by atoms with Gasteiger partial charge in [0.1, 0.15) is 5.01 Å². The molecule has 1 aromatic carbocycles. The Labute approximate surface area is 128 Å². The molecule has 3 N–H and O–H groups in total. The smallest absolute Gasteiger partial charge is 0.231 e.